The van der Waals surface area contributed by atoms with Crippen LogP contribution < -0.4 is 10.6 Å². The minimum Gasteiger partial charge on any atom is -0.353 e. The Morgan fingerprint density at radius 3 is 2.50 bits per heavy atom. The third kappa shape index (κ3) is 5.61. The Kier molecular flexibility index (Phi) is 6.80. The minimum atomic E-state index is 0. The first-order valence-corrected chi connectivity index (χ1v) is 7.95. The van der Waals surface area contributed by atoms with E-state index in [9.17, 15) is 4.79 Å². The molecule has 1 aliphatic heterocycles. The Balaban J connectivity index is 0.00000200. The summed E-state index contributed by atoms with van der Waals surface area (Å²) >= 11 is 0. The summed E-state index contributed by atoms with van der Waals surface area (Å²) < 4.78 is 0. The van der Waals surface area contributed by atoms with E-state index in [0.717, 1.165) is 38.3 Å². The van der Waals surface area contributed by atoms with E-state index in [2.05, 4.69) is 31.4 Å². The van der Waals surface area contributed by atoms with Crippen molar-refractivity contribution in [1.29, 1.82) is 0 Å². The fourth-order valence-electron chi connectivity index (χ4n) is 4.21. The molecule has 0 radical (unpaired) electrons. The lowest BCUT2D eigenvalue weighted by Crippen LogP contribution is -2.43. The highest BCUT2D eigenvalue weighted by molar-refractivity contribution is 5.85. The van der Waals surface area contributed by atoms with Gasteiger partial charge in [0, 0.05) is 12.5 Å². The van der Waals surface area contributed by atoms with E-state index < -0.39 is 0 Å². The Labute approximate surface area is 130 Å². The van der Waals surface area contributed by atoms with Crippen molar-refractivity contribution >= 4 is 18.3 Å². The number of nitrogens with one attached hydrogen (secondary N) is 2. The van der Waals surface area contributed by atoms with Gasteiger partial charge >= 0.3 is 0 Å². The number of halogens is 1. The fraction of sp³-hybridized carbons (Fsp3) is 0.938. The van der Waals surface area contributed by atoms with Gasteiger partial charge < -0.3 is 10.6 Å². The second-order valence-electron chi connectivity index (χ2n) is 7.58. The zero-order valence-electron chi connectivity index (χ0n) is 13.2. The van der Waals surface area contributed by atoms with E-state index in [1.165, 1.54) is 19.3 Å². The molecule has 2 rings (SSSR count). The Morgan fingerprint density at radius 1 is 1.25 bits per heavy atom. The molecule has 1 amide bonds. The van der Waals surface area contributed by atoms with Gasteiger partial charge in [-0.2, -0.15) is 0 Å². The van der Waals surface area contributed by atoms with Crippen LogP contribution in [-0.4, -0.2) is 25.0 Å². The maximum absolute atomic E-state index is 12.2. The van der Waals surface area contributed by atoms with Crippen LogP contribution in [0.1, 0.15) is 59.3 Å². The van der Waals surface area contributed by atoms with Gasteiger partial charge in [-0.3, -0.25) is 4.79 Å². The van der Waals surface area contributed by atoms with Crippen molar-refractivity contribution in [1.82, 2.24) is 10.6 Å². The summed E-state index contributed by atoms with van der Waals surface area (Å²) in [4.78, 5) is 12.2. The van der Waals surface area contributed by atoms with Crippen LogP contribution in [0, 0.1) is 17.3 Å². The molecule has 0 aromatic rings. The molecule has 1 heterocycles. The van der Waals surface area contributed by atoms with E-state index >= 15 is 0 Å². The number of hydrogen-bond acceptors (Lipinski definition) is 2. The lowest BCUT2D eigenvalue weighted by molar-refractivity contribution is -0.123. The van der Waals surface area contributed by atoms with Gasteiger partial charge in [-0.05, 0) is 62.4 Å². The van der Waals surface area contributed by atoms with E-state index in [1.807, 2.05) is 0 Å². The van der Waals surface area contributed by atoms with E-state index in [4.69, 9.17) is 0 Å². The van der Waals surface area contributed by atoms with Crippen LogP contribution in [0.15, 0.2) is 0 Å². The number of hydrogen-bond donors (Lipinski definition) is 2. The molecular formula is C16H31ClN2O. The highest BCUT2D eigenvalue weighted by atomic mass is 35.5. The summed E-state index contributed by atoms with van der Waals surface area (Å²) in [6.45, 7) is 9.11. The third-order valence-electron chi connectivity index (χ3n) is 4.66. The number of carbonyl (C=O) groups is 1. The molecule has 0 aromatic carbocycles. The van der Waals surface area contributed by atoms with Crippen molar-refractivity contribution in [3.63, 3.8) is 0 Å². The van der Waals surface area contributed by atoms with Gasteiger partial charge in [0.25, 0.3) is 0 Å². The lowest BCUT2D eigenvalue weighted by Gasteiger charge is -2.39. The van der Waals surface area contributed by atoms with Crippen LogP contribution in [0.25, 0.3) is 0 Å². The molecule has 3 nitrogen and oxygen atoms in total. The van der Waals surface area contributed by atoms with Crippen LogP contribution in [-0.2, 0) is 4.79 Å². The summed E-state index contributed by atoms with van der Waals surface area (Å²) in [6, 6.07) is 0.405. The third-order valence-corrected chi connectivity index (χ3v) is 4.66. The number of rotatable bonds is 3. The quantitative estimate of drug-likeness (QED) is 0.841. The van der Waals surface area contributed by atoms with Crippen molar-refractivity contribution in [2.45, 2.75) is 65.3 Å². The van der Waals surface area contributed by atoms with Crippen LogP contribution in [0.5, 0.6) is 0 Å². The zero-order chi connectivity index (χ0) is 13.9. The summed E-state index contributed by atoms with van der Waals surface area (Å²) in [5, 5.41) is 6.56. The normalized spacial score (nSPS) is 30.4. The van der Waals surface area contributed by atoms with Crippen molar-refractivity contribution in [3.05, 3.63) is 0 Å². The summed E-state index contributed by atoms with van der Waals surface area (Å²) in [5.41, 5.74) is 0.414. The topological polar surface area (TPSA) is 41.1 Å². The highest BCUT2D eigenvalue weighted by Gasteiger charge is 2.33. The van der Waals surface area contributed by atoms with Crippen LogP contribution >= 0.6 is 12.4 Å². The molecule has 118 valence electrons. The van der Waals surface area contributed by atoms with Gasteiger partial charge in [0.1, 0.15) is 0 Å². The number of piperidine rings is 1. The average Bonchev–Trinajstić information content (AvgIpc) is 2.26. The largest absolute Gasteiger partial charge is 0.353 e. The first-order chi connectivity index (χ1) is 8.94. The van der Waals surface area contributed by atoms with Crippen molar-refractivity contribution in [2.24, 2.45) is 17.3 Å². The van der Waals surface area contributed by atoms with E-state index in [1.54, 1.807) is 0 Å². The molecular weight excluding hydrogens is 272 g/mol. The summed E-state index contributed by atoms with van der Waals surface area (Å²) in [6.07, 6.45) is 6.63. The average molecular weight is 303 g/mol. The van der Waals surface area contributed by atoms with Crippen molar-refractivity contribution < 1.29 is 4.79 Å². The molecule has 2 fully saturated rings. The van der Waals surface area contributed by atoms with Crippen LogP contribution in [0.4, 0.5) is 0 Å². The molecule has 0 spiro atoms. The smallest absolute Gasteiger partial charge is 0.220 e. The standard InChI is InChI=1S/C16H30N2O.ClH/c1-12-8-13(11-16(2,3)10-12)9-15(19)18-14-4-6-17-7-5-14;/h12-14,17H,4-11H2,1-3H3,(H,18,19);1H. The number of amides is 1. The Hall–Kier alpha value is -0.280. The number of carbonyl (C=O) groups excluding carboxylic acids is 1. The molecule has 2 aliphatic rings. The van der Waals surface area contributed by atoms with Gasteiger partial charge in [0.15, 0.2) is 0 Å². The molecule has 20 heavy (non-hydrogen) atoms. The molecule has 4 heteroatoms. The van der Waals surface area contributed by atoms with E-state index in [0.29, 0.717) is 17.4 Å². The molecule has 2 unspecified atom stereocenters. The van der Waals surface area contributed by atoms with Gasteiger partial charge in [-0.15, -0.1) is 12.4 Å². The maximum atomic E-state index is 12.2. The van der Waals surface area contributed by atoms with Gasteiger partial charge in [0.05, 0.1) is 0 Å². The summed E-state index contributed by atoms with van der Waals surface area (Å²) in [7, 11) is 0. The molecule has 1 saturated heterocycles. The van der Waals surface area contributed by atoms with E-state index in [-0.39, 0.29) is 18.3 Å². The van der Waals surface area contributed by atoms with Gasteiger partial charge in [0.2, 0.25) is 5.91 Å². The molecule has 0 bridgehead atoms. The van der Waals surface area contributed by atoms with Crippen molar-refractivity contribution in [2.75, 3.05) is 13.1 Å². The molecule has 2 N–H and O–H groups in total. The molecule has 0 aromatic heterocycles. The van der Waals surface area contributed by atoms with Crippen LogP contribution in [0.2, 0.25) is 0 Å². The SMILES string of the molecule is CC1CC(CC(=O)NC2CCNCC2)CC(C)(C)C1.Cl. The Morgan fingerprint density at radius 2 is 1.90 bits per heavy atom. The highest BCUT2D eigenvalue weighted by Crippen LogP contribution is 2.42. The molecule has 1 aliphatic carbocycles. The predicted octanol–water partition coefficient (Wildman–Crippen LogP) is 3.13. The zero-order valence-corrected chi connectivity index (χ0v) is 14.0. The monoisotopic (exact) mass is 302 g/mol. The molecule has 1 saturated carbocycles. The second kappa shape index (κ2) is 7.65. The van der Waals surface area contributed by atoms with Gasteiger partial charge in [-0.25, -0.2) is 0 Å². The first-order valence-electron chi connectivity index (χ1n) is 7.95. The molecule has 2 atom stereocenters. The Bertz CT molecular complexity index is 314. The summed E-state index contributed by atoms with van der Waals surface area (Å²) in [5.74, 6) is 1.63. The van der Waals surface area contributed by atoms with Crippen LogP contribution in [0.3, 0.4) is 0 Å². The second-order valence-corrected chi connectivity index (χ2v) is 7.58. The van der Waals surface area contributed by atoms with Crippen molar-refractivity contribution in [3.8, 4) is 0 Å². The lowest BCUT2D eigenvalue weighted by atomic mass is 9.67. The maximum Gasteiger partial charge on any atom is 0.220 e. The first kappa shape index (κ1) is 17.8. The van der Waals surface area contributed by atoms with Gasteiger partial charge in [-0.1, -0.05) is 20.8 Å². The minimum absolute atomic E-state index is 0. The predicted molar refractivity (Wildman–Crippen MR) is 86.2 cm³/mol. The fourth-order valence-corrected chi connectivity index (χ4v) is 4.21.